The third kappa shape index (κ3) is 4.57. The van der Waals surface area contributed by atoms with Crippen molar-refractivity contribution in [2.75, 3.05) is 26.7 Å². The number of nitriles is 1. The van der Waals surface area contributed by atoms with Crippen molar-refractivity contribution in [3.8, 4) is 6.07 Å². The number of rotatable bonds is 5. The van der Waals surface area contributed by atoms with Crippen molar-refractivity contribution in [2.45, 2.75) is 25.8 Å². The maximum absolute atomic E-state index is 12.5. The van der Waals surface area contributed by atoms with Gasteiger partial charge in [-0.3, -0.25) is 4.79 Å². The first-order valence-electron chi connectivity index (χ1n) is 7.59. The summed E-state index contributed by atoms with van der Waals surface area (Å²) in [6.45, 7) is 3.36. The molecule has 0 aliphatic carbocycles. The average molecular weight is 285 g/mol. The summed E-state index contributed by atoms with van der Waals surface area (Å²) in [5, 5.41) is 8.61. The van der Waals surface area contributed by atoms with Crippen LogP contribution in [0.1, 0.15) is 24.8 Å². The summed E-state index contributed by atoms with van der Waals surface area (Å²) < 4.78 is 0. The highest BCUT2D eigenvalue weighted by molar-refractivity contribution is 5.78. The SMILES string of the molecule is CN(Cc1ccccc1)C(=O)C1CCN(CCC#N)CC1. The van der Waals surface area contributed by atoms with E-state index in [1.807, 2.05) is 42.3 Å². The highest BCUT2D eigenvalue weighted by Crippen LogP contribution is 2.20. The molecule has 0 aromatic heterocycles. The van der Waals surface area contributed by atoms with Crippen molar-refractivity contribution in [1.29, 1.82) is 5.26 Å². The van der Waals surface area contributed by atoms with Crippen LogP contribution < -0.4 is 0 Å². The summed E-state index contributed by atoms with van der Waals surface area (Å²) in [7, 11) is 1.89. The van der Waals surface area contributed by atoms with E-state index < -0.39 is 0 Å². The van der Waals surface area contributed by atoms with Gasteiger partial charge in [0.25, 0.3) is 0 Å². The van der Waals surface area contributed by atoms with Crippen LogP contribution in [0.25, 0.3) is 0 Å². The maximum Gasteiger partial charge on any atom is 0.225 e. The van der Waals surface area contributed by atoms with Crippen LogP contribution >= 0.6 is 0 Å². The molecule has 0 bridgehead atoms. The predicted octanol–water partition coefficient (Wildman–Crippen LogP) is 2.27. The first-order chi connectivity index (χ1) is 10.2. The van der Waals surface area contributed by atoms with Gasteiger partial charge in [0.2, 0.25) is 5.91 Å². The van der Waals surface area contributed by atoms with E-state index in [4.69, 9.17) is 5.26 Å². The molecule has 1 aliphatic rings. The van der Waals surface area contributed by atoms with Crippen LogP contribution in [0.15, 0.2) is 30.3 Å². The monoisotopic (exact) mass is 285 g/mol. The molecule has 1 amide bonds. The molecule has 0 radical (unpaired) electrons. The first kappa shape index (κ1) is 15.5. The lowest BCUT2D eigenvalue weighted by Gasteiger charge is -2.32. The highest BCUT2D eigenvalue weighted by atomic mass is 16.2. The van der Waals surface area contributed by atoms with Crippen molar-refractivity contribution in [2.24, 2.45) is 5.92 Å². The lowest BCUT2D eigenvalue weighted by molar-refractivity contribution is -0.136. The van der Waals surface area contributed by atoms with E-state index in [1.54, 1.807) is 0 Å². The van der Waals surface area contributed by atoms with Crippen molar-refractivity contribution in [3.63, 3.8) is 0 Å². The molecule has 21 heavy (non-hydrogen) atoms. The summed E-state index contributed by atoms with van der Waals surface area (Å²) >= 11 is 0. The second-order valence-corrected chi connectivity index (χ2v) is 5.70. The Hall–Kier alpha value is -1.86. The molecule has 1 aromatic carbocycles. The Morgan fingerprint density at radius 3 is 2.62 bits per heavy atom. The third-order valence-corrected chi connectivity index (χ3v) is 4.12. The standard InChI is InChI=1S/C17H23N3O/c1-19(14-15-6-3-2-4-7-15)17(21)16-8-12-20(13-9-16)11-5-10-18/h2-4,6-7,16H,5,8-9,11-14H2,1H3. The molecule has 2 rings (SSSR count). The zero-order valence-corrected chi connectivity index (χ0v) is 12.7. The Labute approximate surface area is 127 Å². The predicted molar refractivity (Wildman–Crippen MR) is 82.3 cm³/mol. The first-order valence-corrected chi connectivity index (χ1v) is 7.59. The van der Waals surface area contributed by atoms with E-state index in [2.05, 4.69) is 11.0 Å². The van der Waals surface area contributed by atoms with Crippen LogP contribution in [-0.4, -0.2) is 42.4 Å². The van der Waals surface area contributed by atoms with E-state index in [1.165, 1.54) is 5.56 Å². The van der Waals surface area contributed by atoms with Gasteiger partial charge in [-0.1, -0.05) is 30.3 Å². The number of likely N-dealkylation sites (tertiary alicyclic amines) is 1. The lowest BCUT2D eigenvalue weighted by Crippen LogP contribution is -2.41. The summed E-state index contributed by atoms with van der Waals surface area (Å²) in [5.41, 5.74) is 1.17. The van der Waals surface area contributed by atoms with Crippen LogP contribution in [-0.2, 0) is 11.3 Å². The minimum Gasteiger partial charge on any atom is -0.341 e. The van der Waals surface area contributed by atoms with Gasteiger partial charge in [-0.05, 0) is 31.5 Å². The highest BCUT2D eigenvalue weighted by Gasteiger charge is 2.26. The molecule has 112 valence electrons. The Bertz CT molecular complexity index is 487. The van der Waals surface area contributed by atoms with Gasteiger partial charge >= 0.3 is 0 Å². The molecule has 0 atom stereocenters. The van der Waals surface area contributed by atoms with Crippen LogP contribution in [0.2, 0.25) is 0 Å². The van der Waals surface area contributed by atoms with Crippen LogP contribution in [0, 0.1) is 17.2 Å². The Kier molecular flexibility index (Phi) is 5.77. The van der Waals surface area contributed by atoms with Crippen LogP contribution in [0.5, 0.6) is 0 Å². The van der Waals surface area contributed by atoms with Crippen molar-refractivity contribution in [3.05, 3.63) is 35.9 Å². The molecule has 0 N–H and O–H groups in total. The molecule has 4 nitrogen and oxygen atoms in total. The van der Waals surface area contributed by atoms with E-state index in [-0.39, 0.29) is 11.8 Å². The fourth-order valence-corrected chi connectivity index (χ4v) is 2.86. The topological polar surface area (TPSA) is 47.3 Å². The Morgan fingerprint density at radius 1 is 1.33 bits per heavy atom. The molecular formula is C17H23N3O. The van der Waals surface area contributed by atoms with Crippen LogP contribution in [0.4, 0.5) is 0 Å². The average Bonchev–Trinajstić information content (AvgIpc) is 2.53. The smallest absolute Gasteiger partial charge is 0.225 e. The number of amides is 1. The molecular weight excluding hydrogens is 262 g/mol. The van der Waals surface area contributed by atoms with Gasteiger partial charge in [0.15, 0.2) is 0 Å². The van der Waals surface area contributed by atoms with Gasteiger partial charge in [-0.25, -0.2) is 0 Å². The van der Waals surface area contributed by atoms with E-state index in [0.717, 1.165) is 32.5 Å². The Morgan fingerprint density at radius 2 is 2.00 bits per heavy atom. The fraction of sp³-hybridized carbons (Fsp3) is 0.529. The number of piperidine rings is 1. The maximum atomic E-state index is 12.5. The number of nitrogens with zero attached hydrogens (tertiary/aromatic N) is 3. The number of carbonyl (C=O) groups is 1. The van der Waals surface area contributed by atoms with Gasteiger partial charge in [0.1, 0.15) is 0 Å². The second kappa shape index (κ2) is 7.80. The zero-order valence-electron chi connectivity index (χ0n) is 12.7. The summed E-state index contributed by atoms with van der Waals surface area (Å²) in [5.74, 6) is 0.385. The van der Waals surface area contributed by atoms with E-state index in [0.29, 0.717) is 13.0 Å². The fourth-order valence-electron chi connectivity index (χ4n) is 2.86. The molecule has 1 fully saturated rings. The summed E-state index contributed by atoms with van der Waals surface area (Å²) in [6, 6.07) is 12.3. The lowest BCUT2D eigenvalue weighted by atomic mass is 9.95. The minimum atomic E-state index is 0.136. The Balaban J connectivity index is 1.80. The zero-order chi connectivity index (χ0) is 15.1. The van der Waals surface area contributed by atoms with E-state index in [9.17, 15) is 4.79 Å². The van der Waals surface area contributed by atoms with Gasteiger partial charge in [0, 0.05) is 32.5 Å². The van der Waals surface area contributed by atoms with Crippen molar-refractivity contribution >= 4 is 5.91 Å². The van der Waals surface area contributed by atoms with Gasteiger partial charge in [-0.2, -0.15) is 5.26 Å². The molecule has 0 spiro atoms. The van der Waals surface area contributed by atoms with Gasteiger partial charge in [-0.15, -0.1) is 0 Å². The van der Waals surface area contributed by atoms with Gasteiger partial charge in [0.05, 0.1) is 6.07 Å². The number of carbonyl (C=O) groups excluding carboxylic acids is 1. The van der Waals surface area contributed by atoms with Crippen molar-refractivity contribution in [1.82, 2.24) is 9.80 Å². The van der Waals surface area contributed by atoms with Crippen LogP contribution in [0.3, 0.4) is 0 Å². The molecule has 1 saturated heterocycles. The molecule has 0 saturated carbocycles. The normalized spacial score (nSPS) is 16.4. The minimum absolute atomic E-state index is 0.136. The second-order valence-electron chi connectivity index (χ2n) is 5.70. The molecule has 0 unspecified atom stereocenters. The number of hydrogen-bond acceptors (Lipinski definition) is 3. The molecule has 1 aliphatic heterocycles. The molecule has 1 heterocycles. The number of benzene rings is 1. The molecule has 4 heteroatoms. The number of hydrogen-bond donors (Lipinski definition) is 0. The third-order valence-electron chi connectivity index (χ3n) is 4.12. The van der Waals surface area contributed by atoms with Crippen molar-refractivity contribution < 1.29 is 4.79 Å². The summed E-state index contributed by atoms with van der Waals surface area (Å²) in [6.07, 6.45) is 2.39. The molecule has 1 aromatic rings. The summed E-state index contributed by atoms with van der Waals surface area (Å²) in [4.78, 5) is 16.6. The quantitative estimate of drug-likeness (QED) is 0.834. The van der Waals surface area contributed by atoms with E-state index >= 15 is 0 Å². The van der Waals surface area contributed by atoms with Gasteiger partial charge < -0.3 is 9.80 Å². The largest absolute Gasteiger partial charge is 0.341 e.